The number of aliphatic hydroxyl groups is 1. The number of nitrogens with zero attached hydrogens (tertiary/aromatic N) is 1. The molecule has 90 valence electrons. The fourth-order valence-electron chi connectivity index (χ4n) is 2.38. The fraction of sp³-hybridized carbons (Fsp3) is 1.00. The molecule has 0 radical (unpaired) electrons. The molecule has 2 saturated heterocycles. The molecule has 2 rings (SSSR count). The molecule has 6 nitrogen and oxygen atoms in total. The highest BCUT2D eigenvalue weighted by molar-refractivity contribution is 7.79. The summed E-state index contributed by atoms with van der Waals surface area (Å²) >= 11 is 0. The topological polar surface area (TPSA) is 98.1 Å². The first-order chi connectivity index (χ1) is 6.77. The van der Waals surface area contributed by atoms with Crippen molar-refractivity contribution in [3.8, 4) is 0 Å². The summed E-state index contributed by atoms with van der Waals surface area (Å²) in [4.78, 5) is 2.44. The minimum atomic E-state index is -4.67. The third-order valence-corrected chi connectivity index (χ3v) is 3.07. The third-order valence-electron chi connectivity index (χ3n) is 3.07. The van der Waals surface area contributed by atoms with Crippen LogP contribution in [0.3, 0.4) is 0 Å². The van der Waals surface area contributed by atoms with E-state index >= 15 is 0 Å². The Morgan fingerprint density at radius 3 is 1.80 bits per heavy atom. The lowest BCUT2D eigenvalue weighted by molar-refractivity contribution is 0.0503. The molecule has 2 aliphatic rings. The van der Waals surface area contributed by atoms with Crippen LogP contribution in [-0.4, -0.2) is 52.8 Å². The van der Waals surface area contributed by atoms with Crippen LogP contribution in [0.2, 0.25) is 0 Å². The molecule has 2 heterocycles. The van der Waals surface area contributed by atoms with Crippen LogP contribution in [-0.2, 0) is 10.4 Å². The first kappa shape index (κ1) is 12.9. The summed E-state index contributed by atoms with van der Waals surface area (Å²) in [5.41, 5.74) is 0. The van der Waals surface area contributed by atoms with Gasteiger partial charge in [0.25, 0.3) is 0 Å². The van der Waals surface area contributed by atoms with E-state index in [9.17, 15) is 5.11 Å². The Morgan fingerprint density at radius 2 is 1.47 bits per heavy atom. The van der Waals surface area contributed by atoms with E-state index in [1.165, 1.54) is 12.8 Å². The molecule has 0 aliphatic carbocycles. The van der Waals surface area contributed by atoms with Gasteiger partial charge in [0.15, 0.2) is 0 Å². The van der Waals surface area contributed by atoms with Gasteiger partial charge < -0.3 is 10.0 Å². The number of aliphatic hydroxyl groups excluding tert-OH is 1. The summed E-state index contributed by atoms with van der Waals surface area (Å²) in [6.07, 6.45) is 4.62. The van der Waals surface area contributed by atoms with Crippen molar-refractivity contribution in [2.75, 3.05) is 7.05 Å². The highest BCUT2D eigenvalue weighted by Crippen LogP contribution is 2.33. The van der Waals surface area contributed by atoms with Crippen LogP contribution in [0, 0.1) is 0 Å². The predicted molar refractivity (Wildman–Crippen MR) is 54.0 cm³/mol. The molecule has 3 N–H and O–H groups in total. The van der Waals surface area contributed by atoms with E-state index < -0.39 is 10.4 Å². The smallest absolute Gasteiger partial charge is 0.393 e. The molecule has 0 amide bonds. The van der Waals surface area contributed by atoms with E-state index in [4.69, 9.17) is 17.5 Å². The standard InChI is InChI=1S/C8H15NO.H2O4S/c1-9-6-2-3-7(9)5-8(10)4-6;1-5(2,3)4/h6-8,10H,2-5H2,1H3;(H2,1,2,3,4). The van der Waals surface area contributed by atoms with Crippen molar-refractivity contribution in [1.29, 1.82) is 0 Å². The number of rotatable bonds is 0. The minimum Gasteiger partial charge on any atom is -0.393 e. The van der Waals surface area contributed by atoms with Crippen molar-refractivity contribution in [2.45, 2.75) is 43.9 Å². The highest BCUT2D eigenvalue weighted by atomic mass is 32.3. The van der Waals surface area contributed by atoms with Gasteiger partial charge in [-0.2, -0.15) is 8.42 Å². The monoisotopic (exact) mass is 239 g/mol. The highest BCUT2D eigenvalue weighted by Gasteiger charge is 2.37. The van der Waals surface area contributed by atoms with Crippen LogP contribution in [0.5, 0.6) is 0 Å². The molecular weight excluding hydrogens is 222 g/mol. The lowest BCUT2D eigenvalue weighted by Gasteiger charge is -2.33. The summed E-state index contributed by atoms with van der Waals surface area (Å²) in [5, 5.41) is 9.38. The Bertz CT molecular complexity index is 282. The molecule has 0 saturated carbocycles. The van der Waals surface area contributed by atoms with Crippen molar-refractivity contribution in [3.05, 3.63) is 0 Å². The Morgan fingerprint density at radius 1 is 1.13 bits per heavy atom. The summed E-state index contributed by atoms with van der Waals surface area (Å²) in [6, 6.07) is 1.38. The van der Waals surface area contributed by atoms with E-state index in [1.54, 1.807) is 0 Å². The van der Waals surface area contributed by atoms with Gasteiger partial charge in [-0.25, -0.2) is 0 Å². The molecule has 15 heavy (non-hydrogen) atoms. The lowest BCUT2D eigenvalue weighted by atomic mass is 10.0. The third kappa shape index (κ3) is 4.43. The van der Waals surface area contributed by atoms with Crippen LogP contribution >= 0.6 is 0 Å². The molecule has 2 bridgehead atoms. The Kier molecular flexibility index (Phi) is 4.07. The van der Waals surface area contributed by atoms with E-state index in [2.05, 4.69) is 11.9 Å². The fourth-order valence-corrected chi connectivity index (χ4v) is 2.38. The number of hydrogen-bond donors (Lipinski definition) is 3. The molecular formula is C8H17NO5S. The van der Waals surface area contributed by atoms with Crippen molar-refractivity contribution >= 4 is 10.4 Å². The first-order valence-corrected chi connectivity index (χ1v) is 6.27. The molecule has 2 aliphatic heterocycles. The summed E-state index contributed by atoms with van der Waals surface area (Å²) in [5.74, 6) is 0. The zero-order valence-corrected chi connectivity index (χ0v) is 9.39. The number of piperidine rings is 1. The second kappa shape index (κ2) is 4.75. The van der Waals surface area contributed by atoms with Crippen LogP contribution in [0.4, 0.5) is 0 Å². The lowest BCUT2D eigenvalue weighted by Crippen LogP contribution is -2.41. The Hall–Kier alpha value is -0.210. The Balaban J connectivity index is 0.000000195. The predicted octanol–water partition coefficient (Wildman–Crippen LogP) is -0.0489. The van der Waals surface area contributed by atoms with E-state index in [1.807, 2.05) is 0 Å². The minimum absolute atomic E-state index is 0.00583. The van der Waals surface area contributed by atoms with Gasteiger partial charge in [0.05, 0.1) is 6.10 Å². The Labute approximate surface area is 89.5 Å². The SMILES string of the molecule is CN1C2CCC1CC(O)C2.O=S(=O)(O)O. The molecule has 0 spiro atoms. The maximum Gasteiger partial charge on any atom is 0.394 e. The van der Waals surface area contributed by atoms with Gasteiger partial charge in [-0.1, -0.05) is 0 Å². The van der Waals surface area contributed by atoms with Crippen molar-refractivity contribution < 1.29 is 22.6 Å². The first-order valence-electron chi connectivity index (χ1n) is 4.87. The zero-order valence-electron chi connectivity index (χ0n) is 8.57. The van der Waals surface area contributed by atoms with Gasteiger partial charge in [0.2, 0.25) is 0 Å². The average molecular weight is 239 g/mol. The van der Waals surface area contributed by atoms with Gasteiger partial charge >= 0.3 is 10.4 Å². The summed E-state index contributed by atoms with van der Waals surface area (Å²) in [7, 11) is -2.48. The zero-order chi connectivity index (χ0) is 11.6. The molecule has 0 aromatic rings. The summed E-state index contributed by atoms with van der Waals surface area (Å²) in [6.45, 7) is 0. The van der Waals surface area contributed by atoms with Crippen molar-refractivity contribution in [3.63, 3.8) is 0 Å². The van der Waals surface area contributed by atoms with Crippen LogP contribution in [0.25, 0.3) is 0 Å². The quantitative estimate of drug-likeness (QED) is 0.513. The van der Waals surface area contributed by atoms with Gasteiger partial charge in [0.1, 0.15) is 0 Å². The van der Waals surface area contributed by atoms with Gasteiger partial charge in [0, 0.05) is 12.1 Å². The molecule has 2 atom stereocenters. The average Bonchev–Trinajstić information content (AvgIpc) is 2.32. The molecule has 2 unspecified atom stereocenters. The van der Waals surface area contributed by atoms with Crippen LogP contribution in [0.1, 0.15) is 25.7 Å². The largest absolute Gasteiger partial charge is 0.394 e. The van der Waals surface area contributed by atoms with E-state index in [0.717, 1.165) is 12.8 Å². The molecule has 7 heteroatoms. The number of hydrogen-bond acceptors (Lipinski definition) is 4. The van der Waals surface area contributed by atoms with E-state index in [-0.39, 0.29) is 6.10 Å². The number of fused-ring (bicyclic) bond motifs is 2. The normalized spacial score (nSPS) is 35.9. The summed E-state index contributed by atoms with van der Waals surface area (Å²) < 4.78 is 31.6. The second-order valence-corrected chi connectivity index (χ2v) is 5.02. The van der Waals surface area contributed by atoms with Gasteiger partial charge in [-0.15, -0.1) is 0 Å². The van der Waals surface area contributed by atoms with Gasteiger partial charge in [-0.05, 0) is 32.7 Å². The maximum absolute atomic E-state index is 9.38. The van der Waals surface area contributed by atoms with Crippen LogP contribution in [0.15, 0.2) is 0 Å². The second-order valence-electron chi connectivity index (χ2n) is 4.12. The maximum atomic E-state index is 9.38. The van der Waals surface area contributed by atoms with Crippen molar-refractivity contribution in [1.82, 2.24) is 4.90 Å². The van der Waals surface area contributed by atoms with Crippen LogP contribution < -0.4 is 0 Å². The molecule has 0 aromatic heterocycles. The van der Waals surface area contributed by atoms with Crippen molar-refractivity contribution in [2.24, 2.45) is 0 Å². The van der Waals surface area contributed by atoms with Gasteiger partial charge in [-0.3, -0.25) is 9.11 Å². The molecule has 0 aromatic carbocycles. The van der Waals surface area contributed by atoms with E-state index in [0.29, 0.717) is 12.1 Å². The molecule has 2 fully saturated rings.